The Bertz CT molecular complexity index is 785. The number of nitrogens with zero attached hydrogens (tertiary/aromatic N) is 1. The van der Waals surface area contributed by atoms with Gasteiger partial charge in [-0.05, 0) is 44.0 Å². The molecule has 1 N–H and O–H groups in total. The smallest absolute Gasteiger partial charge is 0.350 e. The van der Waals surface area contributed by atoms with Crippen molar-refractivity contribution in [2.24, 2.45) is 0 Å². The van der Waals surface area contributed by atoms with E-state index in [0.717, 1.165) is 30.8 Å². The maximum Gasteiger partial charge on any atom is 0.350 e. The van der Waals surface area contributed by atoms with Crippen LogP contribution in [0.25, 0.3) is 10.6 Å². The maximum absolute atomic E-state index is 13.0. The Kier molecular flexibility index (Phi) is 5.95. The number of halogens is 1. The van der Waals surface area contributed by atoms with Crippen LogP contribution in [0.15, 0.2) is 24.3 Å². The summed E-state index contributed by atoms with van der Waals surface area (Å²) < 4.78 is 23.5. The van der Waals surface area contributed by atoms with Crippen LogP contribution in [0.2, 0.25) is 0 Å². The summed E-state index contributed by atoms with van der Waals surface area (Å²) in [4.78, 5) is 28.7. The number of hydrogen-bond donors (Lipinski definition) is 1. The lowest BCUT2D eigenvalue weighted by atomic mass is 10.2. The summed E-state index contributed by atoms with van der Waals surface area (Å²) in [5.41, 5.74) is 1.23. The molecule has 1 fully saturated rings. The summed E-state index contributed by atoms with van der Waals surface area (Å²) in [5, 5.41) is 3.29. The van der Waals surface area contributed by atoms with Gasteiger partial charge in [0.05, 0.1) is 11.8 Å². The number of nitrogens with one attached hydrogen (secondary N) is 1. The highest BCUT2D eigenvalue weighted by Gasteiger charge is 2.20. The first-order valence-corrected chi connectivity index (χ1v) is 9.13. The SMILES string of the molecule is Cc1nc(-c2ccc(F)cc2)sc1C(=O)OCC(=O)NC[C@H]1CCCO1. The average Bonchev–Trinajstić information content (AvgIpc) is 3.28. The molecule has 2 aromatic rings. The van der Waals surface area contributed by atoms with Gasteiger partial charge in [-0.15, -0.1) is 11.3 Å². The third kappa shape index (κ3) is 4.64. The van der Waals surface area contributed by atoms with E-state index in [2.05, 4.69) is 10.3 Å². The predicted molar refractivity (Wildman–Crippen MR) is 94.5 cm³/mol. The van der Waals surface area contributed by atoms with Gasteiger partial charge >= 0.3 is 5.97 Å². The van der Waals surface area contributed by atoms with E-state index in [0.29, 0.717) is 27.7 Å². The highest BCUT2D eigenvalue weighted by molar-refractivity contribution is 7.17. The van der Waals surface area contributed by atoms with E-state index in [4.69, 9.17) is 9.47 Å². The van der Waals surface area contributed by atoms with Crippen LogP contribution in [0.5, 0.6) is 0 Å². The summed E-state index contributed by atoms with van der Waals surface area (Å²) in [7, 11) is 0. The number of esters is 1. The van der Waals surface area contributed by atoms with Crippen molar-refractivity contribution in [3.05, 3.63) is 40.7 Å². The van der Waals surface area contributed by atoms with Crippen molar-refractivity contribution in [2.75, 3.05) is 19.8 Å². The lowest BCUT2D eigenvalue weighted by Crippen LogP contribution is -2.34. The zero-order chi connectivity index (χ0) is 18.5. The monoisotopic (exact) mass is 378 g/mol. The molecule has 1 atom stereocenters. The largest absolute Gasteiger partial charge is 0.451 e. The summed E-state index contributed by atoms with van der Waals surface area (Å²) in [6.45, 7) is 2.48. The van der Waals surface area contributed by atoms with Gasteiger partial charge < -0.3 is 14.8 Å². The molecule has 1 aromatic carbocycles. The van der Waals surface area contributed by atoms with E-state index in [1.807, 2.05) is 0 Å². The van der Waals surface area contributed by atoms with Gasteiger partial charge in [0.15, 0.2) is 6.61 Å². The summed E-state index contributed by atoms with van der Waals surface area (Å²) >= 11 is 1.15. The standard InChI is InChI=1S/C18H19FN2O4S/c1-11-16(26-17(21-11)12-4-6-13(19)7-5-12)18(23)25-10-15(22)20-9-14-3-2-8-24-14/h4-7,14H,2-3,8-10H2,1H3,(H,20,22)/t14-/m1/s1. The van der Waals surface area contributed by atoms with Crippen molar-refractivity contribution in [3.63, 3.8) is 0 Å². The fraction of sp³-hybridized carbons (Fsp3) is 0.389. The van der Waals surface area contributed by atoms with Gasteiger partial charge in [-0.1, -0.05) is 0 Å². The number of ether oxygens (including phenoxy) is 2. The Labute approximate surface area is 154 Å². The second-order valence-electron chi connectivity index (χ2n) is 5.96. The number of carbonyl (C=O) groups excluding carboxylic acids is 2. The molecule has 1 aliphatic rings. The number of aryl methyl sites for hydroxylation is 1. The van der Waals surface area contributed by atoms with Gasteiger partial charge in [-0.25, -0.2) is 14.2 Å². The van der Waals surface area contributed by atoms with E-state index in [1.54, 1.807) is 19.1 Å². The van der Waals surface area contributed by atoms with Crippen molar-refractivity contribution in [3.8, 4) is 10.6 Å². The van der Waals surface area contributed by atoms with Gasteiger partial charge in [0.25, 0.3) is 5.91 Å². The lowest BCUT2D eigenvalue weighted by Gasteiger charge is -2.10. The predicted octanol–water partition coefficient (Wildman–Crippen LogP) is 2.71. The molecule has 1 aliphatic heterocycles. The van der Waals surface area contributed by atoms with Crippen LogP contribution in [0.1, 0.15) is 28.2 Å². The van der Waals surface area contributed by atoms with Crippen LogP contribution in [-0.4, -0.2) is 42.7 Å². The number of carbonyl (C=O) groups is 2. The molecule has 138 valence electrons. The third-order valence-corrected chi connectivity index (χ3v) is 5.14. The molecule has 3 rings (SSSR count). The van der Waals surface area contributed by atoms with E-state index in [-0.39, 0.29) is 24.4 Å². The van der Waals surface area contributed by atoms with E-state index >= 15 is 0 Å². The Morgan fingerprint density at radius 3 is 2.85 bits per heavy atom. The highest BCUT2D eigenvalue weighted by Crippen LogP contribution is 2.28. The Balaban J connectivity index is 1.54. The Morgan fingerprint density at radius 1 is 1.38 bits per heavy atom. The number of hydrogen-bond acceptors (Lipinski definition) is 6. The minimum atomic E-state index is -0.597. The van der Waals surface area contributed by atoms with Crippen molar-refractivity contribution in [1.29, 1.82) is 0 Å². The summed E-state index contributed by atoms with van der Waals surface area (Å²) in [6.07, 6.45) is 1.96. The zero-order valence-electron chi connectivity index (χ0n) is 14.3. The van der Waals surface area contributed by atoms with Crippen LogP contribution >= 0.6 is 11.3 Å². The fourth-order valence-electron chi connectivity index (χ4n) is 2.58. The molecule has 0 bridgehead atoms. The second-order valence-corrected chi connectivity index (χ2v) is 6.95. The van der Waals surface area contributed by atoms with Crippen LogP contribution in [-0.2, 0) is 14.3 Å². The molecular weight excluding hydrogens is 359 g/mol. The first-order chi connectivity index (χ1) is 12.5. The molecule has 0 radical (unpaired) electrons. The summed E-state index contributed by atoms with van der Waals surface area (Å²) in [6, 6.07) is 5.87. The second kappa shape index (κ2) is 8.37. The van der Waals surface area contributed by atoms with E-state index in [9.17, 15) is 14.0 Å². The maximum atomic E-state index is 13.0. The molecule has 2 heterocycles. The first kappa shape index (κ1) is 18.5. The van der Waals surface area contributed by atoms with Crippen molar-refractivity contribution >= 4 is 23.2 Å². The molecule has 0 aliphatic carbocycles. The molecule has 1 aromatic heterocycles. The van der Waals surface area contributed by atoms with Gasteiger partial charge in [0, 0.05) is 18.7 Å². The van der Waals surface area contributed by atoms with Crippen molar-refractivity contribution < 1.29 is 23.5 Å². The van der Waals surface area contributed by atoms with Gasteiger partial charge in [0.1, 0.15) is 15.7 Å². The molecule has 1 saturated heterocycles. The third-order valence-electron chi connectivity index (χ3n) is 3.96. The minimum absolute atomic E-state index is 0.0386. The van der Waals surface area contributed by atoms with Gasteiger partial charge in [-0.2, -0.15) is 0 Å². The zero-order valence-corrected chi connectivity index (χ0v) is 15.1. The lowest BCUT2D eigenvalue weighted by molar-refractivity contribution is -0.124. The fourth-order valence-corrected chi connectivity index (χ4v) is 3.55. The first-order valence-electron chi connectivity index (χ1n) is 8.31. The molecule has 0 saturated carbocycles. The number of thiazole rings is 1. The average molecular weight is 378 g/mol. The number of benzene rings is 1. The molecule has 8 heteroatoms. The molecule has 0 spiro atoms. The molecule has 1 amide bonds. The van der Waals surface area contributed by atoms with Crippen molar-refractivity contribution in [2.45, 2.75) is 25.9 Å². The van der Waals surface area contributed by atoms with E-state index < -0.39 is 5.97 Å². The number of aromatic nitrogens is 1. The van der Waals surface area contributed by atoms with Crippen molar-refractivity contribution in [1.82, 2.24) is 10.3 Å². The highest BCUT2D eigenvalue weighted by atomic mass is 32.1. The van der Waals surface area contributed by atoms with Crippen LogP contribution in [0.4, 0.5) is 4.39 Å². The molecule has 26 heavy (non-hydrogen) atoms. The van der Waals surface area contributed by atoms with Gasteiger partial charge in [-0.3, -0.25) is 4.79 Å². The topological polar surface area (TPSA) is 77.5 Å². The van der Waals surface area contributed by atoms with Crippen LogP contribution in [0.3, 0.4) is 0 Å². The number of amides is 1. The van der Waals surface area contributed by atoms with Gasteiger partial charge in [0.2, 0.25) is 0 Å². The van der Waals surface area contributed by atoms with E-state index in [1.165, 1.54) is 12.1 Å². The minimum Gasteiger partial charge on any atom is -0.451 e. The molecule has 0 unspecified atom stereocenters. The quantitative estimate of drug-likeness (QED) is 0.782. The van der Waals surface area contributed by atoms with Crippen LogP contribution in [0, 0.1) is 12.7 Å². The summed E-state index contributed by atoms with van der Waals surface area (Å²) in [5.74, 6) is -1.30. The van der Waals surface area contributed by atoms with Crippen LogP contribution < -0.4 is 5.32 Å². The Hall–Kier alpha value is -2.32. The number of rotatable bonds is 6. The molecule has 6 nitrogen and oxygen atoms in total. The normalized spacial score (nSPS) is 16.5. The molecular formula is C18H19FN2O4S. The Morgan fingerprint density at radius 2 is 2.15 bits per heavy atom.